The van der Waals surface area contributed by atoms with Crippen LogP contribution >= 0.6 is 24.0 Å². The van der Waals surface area contributed by atoms with Crippen molar-refractivity contribution in [1.29, 1.82) is 0 Å². The van der Waals surface area contributed by atoms with E-state index in [2.05, 4.69) is 49.3 Å². The highest BCUT2D eigenvalue weighted by molar-refractivity contribution is 14.0. The first-order chi connectivity index (χ1) is 5.29. The fourth-order valence-electron chi connectivity index (χ4n) is 0.997. The van der Waals surface area contributed by atoms with E-state index < -0.39 is 0 Å². The molecule has 3 heteroatoms. The highest BCUT2D eigenvalue weighted by atomic mass is 127. The first kappa shape index (κ1) is 12.7. The van der Waals surface area contributed by atoms with Crippen molar-refractivity contribution < 1.29 is 0 Å². The Morgan fingerprint density at radius 1 is 1.17 bits per heavy atom. The highest BCUT2D eigenvalue weighted by Crippen LogP contribution is 1.81. The maximum absolute atomic E-state index is 2.26. The fraction of sp³-hybridized carbons (Fsp3) is 0.333. The summed E-state index contributed by atoms with van der Waals surface area (Å²) in [6, 6.07) is 10.8. The average Bonchev–Trinajstić information content (AvgIpc) is 2.03. The Morgan fingerprint density at radius 2 is 1.75 bits per heavy atom. The molecule has 0 spiro atoms. The van der Waals surface area contributed by atoms with Gasteiger partial charge < -0.3 is 4.90 Å². The number of benzene rings is 1. The van der Waals surface area contributed by atoms with Crippen LogP contribution in [0.25, 0.3) is 0 Å². The molecule has 1 aromatic carbocycles. The van der Waals surface area contributed by atoms with Crippen LogP contribution in [0.1, 0.15) is 0 Å². The maximum atomic E-state index is 2.26. The van der Waals surface area contributed by atoms with Crippen molar-refractivity contribution in [2.75, 3.05) is 18.8 Å². The second-order valence-electron chi connectivity index (χ2n) is 3.04. The quantitative estimate of drug-likeness (QED) is 0.595. The summed E-state index contributed by atoms with van der Waals surface area (Å²) in [6.45, 7) is 0. The third-order valence-electron chi connectivity index (χ3n) is 1.69. The first-order valence-corrected chi connectivity index (χ1v) is 5.68. The Labute approximate surface area is 101 Å². The van der Waals surface area contributed by atoms with E-state index in [1.165, 1.54) is 4.67 Å². The molecule has 0 radical (unpaired) electrons. The molecular formula is C9H14IMgN. The number of rotatable bonds is 3. The average molecular weight is 287 g/mol. The summed E-state index contributed by atoms with van der Waals surface area (Å²) in [5.74, 6) is 0. The van der Waals surface area contributed by atoms with Crippen molar-refractivity contribution in [3.63, 3.8) is 0 Å². The molecule has 0 saturated heterocycles. The largest absolute Gasteiger partial charge is 0.429 e. The van der Waals surface area contributed by atoms with Crippen LogP contribution in [0.3, 0.4) is 0 Å². The summed E-state index contributed by atoms with van der Waals surface area (Å²) >= 11 is -0.0330. The Morgan fingerprint density at radius 3 is 2.25 bits per heavy atom. The molecule has 0 saturated carbocycles. The first-order valence-electron chi connectivity index (χ1n) is 3.97. The smallest absolute Gasteiger partial charge is 0.334 e. The predicted molar refractivity (Wildman–Crippen MR) is 65.8 cm³/mol. The summed E-state index contributed by atoms with van der Waals surface area (Å²) in [5, 5.41) is 0. The monoisotopic (exact) mass is 287 g/mol. The minimum Gasteiger partial charge on any atom is -0.334 e. The van der Waals surface area contributed by atoms with Gasteiger partial charge in [-0.2, -0.15) is 3.69 Å². The molecule has 1 aromatic rings. The third kappa shape index (κ3) is 5.34. The van der Waals surface area contributed by atoms with Crippen molar-refractivity contribution in [1.82, 2.24) is 4.90 Å². The number of hydrogen-bond donors (Lipinski definition) is 0. The SMILES string of the molecule is CN(C)[CH2][Mg][c]1ccccc1.I. The number of nitrogens with zero attached hydrogens (tertiary/aromatic N) is 1. The van der Waals surface area contributed by atoms with Crippen LogP contribution in [0.5, 0.6) is 0 Å². The van der Waals surface area contributed by atoms with E-state index >= 15 is 0 Å². The zero-order valence-corrected chi connectivity index (χ0v) is 11.4. The molecule has 0 aliphatic heterocycles. The molecule has 0 N–H and O–H groups in total. The second kappa shape index (κ2) is 7.12. The highest BCUT2D eigenvalue weighted by Gasteiger charge is 1.98. The van der Waals surface area contributed by atoms with Crippen molar-refractivity contribution in [2.45, 2.75) is 0 Å². The van der Waals surface area contributed by atoms with Gasteiger partial charge in [0.15, 0.2) is 0 Å². The zero-order chi connectivity index (χ0) is 8.10. The van der Waals surface area contributed by atoms with E-state index in [9.17, 15) is 0 Å². The molecule has 1 rings (SSSR count). The normalized spacial score (nSPS) is 8.92. The van der Waals surface area contributed by atoms with Crippen LogP contribution in [-0.2, 0) is 0 Å². The van der Waals surface area contributed by atoms with Crippen molar-refractivity contribution in [2.24, 2.45) is 0 Å². The Hall–Kier alpha value is 0.676. The molecule has 0 fully saturated rings. The van der Waals surface area contributed by atoms with Gasteiger partial charge in [0.2, 0.25) is 0 Å². The molecule has 0 bridgehead atoms. The molecule has 0 aromatic heterocycles. The standard InChI is InChI=1S/C6H5.C3H8N.HI.Mg/c1-2-4-6-5-3-1;1-4(2)3;;/h1-5H;1H2,2-3H3;1H;. The molecule has 0 aliphatic carbocycles. The van der Waals surface area contributed by atoms with Crippen LogP contribution in [0.4, 0.5) is 0 Å². The molecule has 1 nitrogen and oxygen atoms in total. The van der Waals surface area contributed by atoms with Crippen molar-refractivity contribution in [3.05, 3.63) is 30.3 Å². The summed E-state index contributed by atoms with van der Waals surface area (Å²) in [6.07, 6.45) is 0. The van der Waals surface area contributed by atoms with Crippen LogP contribution in [-0.4, -0.2) is 44.0 Å². The second-order valence-corrected chi connectivity index (χ2v) is 4.80. The van der Waals surface area contributed by atoms with E-state index in [0.717, 1.165) is 0 Å². The van der Waals surface area contributed by atoms with Gasteiger partial charge >= 0.3 is 20.4 Å². The summed E-state index contributed by atoms with van der Waals surface area (Å²) in [7, 11) is 4.27. The van der Waals surface area contributed by atoms with Gasteiger partial charge in [0.25, 0.3) is 0 Å². The number of hydrogen-bond acceptors (Lipinski definition) is 1. The third-order valence-corrected chi connectivity index (χ3v) is 3.86. The Kier molecular flexibility index (Phi) is 7.52. The molecule has 64 valence electrons. The van der Waals surface area contributed by atoms with Gasteiger partial charge in [-0.25, -0.2) is 0 Å². The lowest BCUT2D eigenvalue weighted by Crippen LogP contribution is -2.27. The minimum absolute atomic E-state index is 0. The van der Waals surface area contributed by atoms with Gasteiger partial charge in [0, 0.05) is 0 Å². The van der Waals surface area contributed by atoms with Crippen molar-refractivity contribution in [3.8, 4) is 0 Å². The lowest BCUT2D eigenvalue weighted by molar-refractivity contribution is 0.478. The van der Waals surface area contributed by atoms with E-state index in [0.29, 0.717) is 0 Å². The van der Waals surface area contributed by atoms with Gasteiger partial charge in [0.1, 0.15) is 0 Å². The summed E-state index contributed by atoms with van der Waals surface area (Å²) in [4.78, 5) is 2.26. The van der Waals surface area contributed by atoms with Gasteiger partial charge in [0.05, 0.1) is 0 Å². The van der Waals surface area contributed by atoms with E-state index in [1.807, 2.05) is 0 Å². The Balaban J connectivity index is 0.00000121. The predicted octanol–water partition coefficient (Wildman–Crippen LogP) is 1.15. The van der Waals surface area contributed by atoms with Gasteiger partial charge in [-0.1, -0.05) is 35.0 Å². The molecule has 12 heavy (non-hydrogen) atoms. The number of halogens is 1. The van der Waals surface area contributed by atoms with Crippen LogP contribution in [0.2, 0.25) is 0 Å². The lowest BCUT2D eigenvalue weighted by Gasteiger charge is -2.07. The zero-order valence-electron chi connectivity index (χ0n) is 7.66. The van der Waals surface area contributed by atoms with E-state index in [4.69, 9.17) is 0 Å². The molecule has 0 unspecified atom stereocenters. The van der Waals surface area contributed by atoms with Gasteiger partial charge in [-0.05, 0) is 14.1 Å². The molecular weight excluding hydrogens is 273 g/mol. The van der Waals surface area contributed by atoms with Gasteiger partial charge in [-0.15, -0.1) is 24.0 Å². The van der Waals surface area contributed by atoms with E-state index in [1.54, 1.807) is 3.69 Å². The summed E-state index contributed by atoms with van der Waals surface area (Å²) < 4.78 is 2.82. The molecule has 0 amide bonds. The van der Waals surface area contributed by atoms with Crippen LogP contribution < -0.4 is 3.69 Å². The van der Waals surface area contributed by atoms with Gasteiger partial charge in [-0.3, -0.25) is 0 Å². The topological polar surface area (TPSA) is 3.24 Å². The molecule has 0 atom stereocenters. The van der Waals surface area contributed by atoms with E-state index in [-0.39, 0.29) is 44.3 Å². The minimum atomic E-state index is -0.0330. The fourth-order valence-corrected chi connectivity index (χ4v) is 2.31. The van der Waals surface area contributed by atoms with Crippen molar-refractivity contribution >= 4 is 48.0 Å². The molecule has 0 aliphatic rings. The van der Waals surface area contributed by atoms with Crippen LogP contribution in [0.15, 0.2) is 30.3 Å². The maximum Gasteiger partial charge on any atom is 0.429 e. The Bertz CT molecular complexity index is 201. The lowest BCUT2D eigenvalue weighted by atomic mass is 10.4. The van der Waals surface area contributed by atoms with Crippen LogP contribution in [0, 0.1) is 0 Å². The summed E-state index contributed by atoms with van der Waals surface area (Å²) in [5.41, 5.74) is 0. The molecule has 0 heterocycles.